The highest BCUT2D eigenvalue weighted by Crippen LogP contribution is 2.25. The fourth-order valence-electron chi connectivity index (χ4n) is 1.57. The zero-order valence-corrected chi connectivity index (χ0v) is 10.5. The summed E-state index contributed by atoms with van der Waals surface area (Å²) < 4.78 is 12.8. The van der Waals surface area contributed by atoms with E-state index in [1.165, 1.54) is 29.4 Å². The van der Waals surface area contributed by atoms with Gasteiger partial charge in [-0.15, -0.1) is 0 Å². The zero-order valence-electron chi connectivity index (χ0n) is 8.91. The molecule has 0 amide bonds. The molecule has 16 heavy (non-hydrogen) atoms. The summed E-state index contributed by atoms with van der Waals surface area (Å²) >= 11 is 3.99. The third-order valence-electron chi connectivity index (χ3n) is 2.42. The van der Waals surface area contributed by atoms with Crippen LogP contribution >= 0.6 is 23.5 Å². The molecule has 0 radical (unpaired) electrons. The van der Waals surface area contributed by atoms with Crippen molar-refractivity contribution in [1.29, 1.82) is 0 Å². The predicted octanol–water partition coefficient (Wildman–Crippen LogP) is 2.67. The van der Waals surface area contributed by atoms with Crippen LogP contribution in [-0.2, 0) is 0 Å². The molecule has 1 atom stereocenters. The summed E-state index contributed by atoms with van der Waals surface area (Å²) in [7, 11) is 0. The van der Waals surface area contributed by atoms with Crippen molar-refractivity contribution in [2.75, 3.05) is 34.9 Å². The van der Waals surface area contributed by atoms with Gasteiger partial charge >= 0.3 is 0 Å². The van der Waals surface area contributed by atoms with Gasteiger partial charge in [-0.1, -0.05) is 0 Å². The van der Waals surface area contributed by atoms with Crippen LogP contribution in [0.15, 0.2) is 18.2 Å². The van der Waals surface area contributed by atoms with Gasteiger partial charge in [0.25, 0.3) is 0 Å². The maximum absolute atomic E-state index is 12.8. The molecule has 1 fully saturated rings. The predicted molar refractivity (Wildman–Crippen MR) is 72.9 cm³/mol. The summed E-state index contributed by atoms with van der Waals surface area (Å²) in [6.07, 6.45) is 0. The molecule has 0 bridgehead atoms. The first-order valence-corrected chi connectivity index (χ1v) is 7.44. The third-order valence-corrected chi connectivity index (χ3v) is 5.26. The van der Waals surface area contributed by atoms with Gasteiger partial charge in [-0.25, -0.2) is 4.39 Å². The highest BCUT2D eigenvalue weighted by molar-refractivity contribution is 8.06. The average molecular weight is 258 g/mol. The van der Waals surface area contributed by atoms with Crippen molar-refractivity contribution in [3.8, 4) is 0 Å². The van der Waals surface area contributed by atoms with Crippen LogP contribution in [0.3, 0.4) is 0 Å². The third kappa shape index (κ3) is 3.22. The van der Waals surface area contributed by atoms with Gasteiger partial charge in [0.1, 0.15) is 5.82 Å². The smallest absolute Gasteiger partial charge is 0.125 e. The second kappa shape index (κ2) is 5.68. The van der Waals surface area contributed by atoms with Crippen molar-refractivity contribution in [2.24, 2.45) is 0 Å². The second-order valence-electron chi connectivity index (χ2n) is 3.68. The van der Waals surface area contributed by atoms with E-state index in [-0.39, 0.29) is 5.82 Å². The average Bonchev–Trinajstić information content (AvgIpc) is 2.29. The Balaban J connectivity index is 1.88. The Hall–Kier alpha value is -0.550. The summed E-state index contributed by atoms with van der Waals surface area (Å²) in [5.74, 6) is 3.36. The monoisotopic (exact) mass is 258 g/mol. The summed E-state index contributed by atoms with van der Waals surface area (Å²) in [6.45, 7) is 0.896. The number of thioether (sulfide) groups is 2. The van der Waals surface area contributed by atoms with Crippen LogP contribution in [0.4, 0.5) is 15.8 Å². The minimum Gasteiger partial charge on any atom is -0.397 e. The maximum Gasteiger partial charge on any atom is 0.125 e. The first kappa shape index (κ1) is 11.9. The lowest BCUT2D eigenvalue weighted by Gasteiger charge is -2.22. The first-order chi connectivity index (χ1) is 7.75. The number of hydrogen-bond donors (Lipinski definition) is 2. The van der Waals surface area contributed by atoms with Crippen LogP contribution in [0.1, 0.15) is 0 Å². The molecular weight excluding hydrogens is 243 g/mol. The number of halogens is 1. The van der Waals surface area contributed by atoms with E-state index in [2.05, 4.69) is 5.32 Å². The van der Waals surface area contributed by atoms with Gasteiger partial charge in [0.15, 0.2) is 0 Å². The van der Waals surface area contributed by atoms with Crippen LogP contribution in [0.2, 0.25) is 0 Å². The van der Waals surface area contributed by atoms with Gasteiger partial charge in [0.05, 0.1) is 11.4 Å². The molecule has 1 aliphatic heterocycles. The van der Waals surface area contributed by atoms with Crippen LogP contribution in [0, 0.1) is 5.82 Å². The summed E-state index contributed by atoms with van der Waals surface area (Å²) in [5, 5.41) is 3.91. The summed E-state index contributed by atoms with van der Waals surface area (Å²) in [5.41, 5.74) is 7.03. The molecule has 1 saturated heterocycles. The zero-order chi connectivity index (χ0) is 11.4. The molecule has 0 saturated carbocycles. The Labute approximate surface area is 104 Å². The number of hydrogen-bond acceptors (Lipinski definition) is 4. The largest absolute Gasteiger partial charge is 0.397 e. The SMILES string of the molecule is Nc1cc(F)ccc1NCC1CSCCS1. The topological polar surface area (TPSA) is 38.0 Å². The molecule has 2 nitrogen and oxygen atoms in total. The van der Waals surface area contributed by atoms with Gasteiger partial charge in [0.2, 0.25) is 0 Å². The summed E-state index contributed by atoms with van der Waals surface area (Å²) in [6, 6.07) is 4.48. The van der Waals surface area contributed by atoms with Crippen molar-refractivity contribution in [3.63, 3.8) is 0 Å². The Bertz CT molecular complexity index is 354. The van der Waals surface area contributed by atoms with E-state index in [4.69, 9.17) is 5.73 Å². The molecule has 5 heteroatoms. The van der Waals surface area contributed by atoms with Crippen LogP contribution in [0.5, 0.6) is 0 Å². The van der Waals surface area contributed by atoms with E-state index in [1.807, 2.05) is 23.5 Å². The van der Waals surface area contributed by atoms with Crippen LogP contribution in [-0.4, -0.2) is 29.1 Å². The fourth-order valence-corrected chi connectivity index (χ4v) is 4.18. The molecule has 1 unspecified atom stereocenters. The molecule has 0 spiro atoms. The van der Waals surface area contributed by atoms with Gasteiger partial charge < -0.3 is 11.1 Å². The van der Waals surface area contributed by atoms with E-state index >= 15 is 0 Å². The van der Waals surface area contributed by atoms with Crippen molar-refractivity contribution in [2.45, 2.75) is 5.25 Å². The second-order valence-corrected chi connectivity index (χ2v) is 6.24. The quantitative estimate of drug-likeness (QED) is 0.818. The number of nitrogen functional groups attached to an aromatic ring is 1. The minimum atomic E-state index is -0.286. The number of nitrogens with one attached hydrogen (secondary N) is 1. The lowest BCUT2D eigenvalue weighted by Crippen LogP contribution is -2.23. The number of nitrogens with two attached hydrogens (primary N) is 1. The van der Waals surface area contributed by atoms with Gasteiger partial charge in [-0.05, 0) is 18.2 Å². The van der Waals surface area contributed by atoms with Crippen LogP contribution in [0.25, 0.3) is 0 Å². The Morgan fingerprint density at radius 2 is 2.31 bits per heavy atom. The molecule has 3 N–H and O–H groups in total. The molecule has 1 aromatic rings. The van der Waals surface area contributed by atoms with E-state index in [9.17, 15) is 4.39 Å². The van der Waals surface area contributed by atoms with Crippen molar-refractivity contribution < 1.29 is 4.39 Å². The first-order valence-electron chi connectivity index (χ1n) is 5.24. The summed E-state index contributed by atoms with van der Waals surface area (Å²) in [4.78, 5) is 0. The van der Waals surface area contributed by atoms with E-state index < -0.39 is 0 Å². The lowest BCUT2D eigenvalue weighted by atomic mass is 10.2. The minimum absolute atomic E-state index is 0.286. The lowest BCUT2D eigenvalue weighted by molar-refractivity contribution is 0.628. The highest BCUT2D eigenvalue weighted by atomic mass is 32.2. The Morgan fingerprint density at radius 3 is 3.00 bits per heavy atom. The molecule has 0 aromatic heterocycles. The van der Waals surface area contributed by atoms with Crippen LogP contribution < -0.4 is 11.1 Å². The van der Waals surface area contributed by atoms with Gasteiger partial charge in [0, 0.05) is 29.1 Å². The maximum atomic E-state index is 12.8. The van der Waals surface area contributed by atoms with E-state index in [0.717, 1.165) is 12.2 Å². The van der Waals surface area contributed by atoms with Crippen molar-refractivity contribution in [1.82, 2.24) is 0 Å². The molecule has 0 aliphatic carbocycles. The fraction of sp³-hybridized carbons (Fsp3) is 0.455. The number of benzene rings is 1. The molecule has 2 rings (SSSR count). The van der Waals surface area contributed by atoms with Crippen molar-refractivity contribution in [3.05, 3.63) is 24.0 Å². The van der Waals surface area contributed by atoms with Gasteiger partial charge in [-0.3, -0.25) is 0 Å². The standard InChI is InChI=1S/C11H15FN2S2/c12-8-1-2-11(10(13)5-8)14-6-9-7-15-3-4-16-9/h1-2,5,9,14H,3-4,6-7,13H2. The highest BCUT2D eigenvalue weighted by Gasteiger charge is 2.14. The molecule has 88 valence electrons. The molecule has 1 aromatic carbocycles. The normalized spacial score (nSPS) is 20.7. The van der Waals surface area contributed by atoms with E-state index in [0.29, 0.717) is 10.9 Å². The Kier molecular flexibility index (Phi) is 4.23. The van der Waals surface area contributed by atoms with E-state index in [1.54, 1.807) is 6.07 Å². The molecule has 1 heterocycles. The number of rotatable bonds is 3. The molecular formula is C11H15FN2S2. The number of anilines is 2. The Morgan fingerprint density at radius 1 is 1.44 bits per heavy atom. The van der Waals surface area contributed by atoms with Gasteiger partial charge in [-0.2, -0.15) is 23.5 Å². The molecule has 1 aliphatic rings. The van der Waals surface area contributed by atoms with Crippen molar-refractivity contribution >= 4 is 34.9 Å².